The minimum Gasteiger partial charge on any atom is -0.496 e. The minimum atomic E-state index is -0.514. The molecule has 0 atom stereocenters. The third-order valence-corrected chi connectivity index (χ3v) is 3.53. The second kappa shape index (κ2) is 8.39. The van der Waals surface area contributed by atoms with Crippen molar-refractivity contribution in [3.05, 3.63) is 36.2 Å². The molecule has 1 aromatic carbocycles. The molecule has 0 saturated heterocycles. The standard InChI is InChI=1S/C19H24N4O3/c1-19(2,3)26-18(24)21-9-10-23-13-16(12-22-23)15-6-5-14(7-8-20)17(11-15)25-4/h5-6,11-13H,7,9-10H2,1-4H3,(H,21,24). The summed E-state index contributed by atoms with van der Waals surface area (Å²) in [6.45, 7) is 6.41. The average molecular weight is 356 g/mol. The number of nitriles is 1. The molecule has 7 heteroatoms. The second-order valence-corrected chi connectivity index (χ2v) is 6.78. The topological polar surface area (TPSA) is 89.2 Å². The number of hydrogen-bond donors (Lipinski definition) is 1. The molecule has 0 aliphatic carbocycles. The highest BCUT2D eigenvalue weighted by molar-refractivity contribution is 5.67. The summed E-state index contributed by atoms with van der Waals surface area (Å²) < 4.78 is 12.3. The fourth-order valence-electron chi connectivity index (χ4n) is 2.38. The molecule has 0 aliphatic rings. The number of rotatable bonds is 6. The Balaban J connectivity index is 1.97. The fourth-order valence-corrected chi connectivity index (χ4v) is 2.38. The van der Waals surface area contributed by atoms with E-state index in [4.69, 9.17) is 14.7 Å². The summed E-state index contributed by atoms with van der Waals surface area (Å²) in [5.74, 6) is 0.684. The van der Waals surface area contributed by atoms with Crippen LogP contribution >= 0.6 is 0 Å². The Hall–Kier alpha value is -3.01. The van der Waals surface area contributed by atoms with Gasteiger partial charge in [-0.05, 0) is 32.4 Å². The van der Waals surface area contributed by atoms with E-state index in [1.54, 1.807) is 18.0 Å². The van der Waals surface area contributed by atoms with Crippen molar-refractivity contribution in [2.45, 2.75) is 39.3 Å². The highest BCUT2D eigenvalue weighted by atomic mass is 16.6. The first-order valence-corrected chi connectivity index (χ1v) is 8.36. The van der Waals surface area contributed by atoms with Crippen LogP contribution in [0.15, 0.2) is 30.6 Å². The van der Waals surface area contributed by atoms with Gasteiger partial charge in [0.15, 0.2) is 0 Å². The Kier molecular flexibility index (Phi) is 6.23. The lowest BCUT2D eigenvalue weighted by atomic mass is 10.0. The molecule has 138 valence electrons. The van der Waals surface area contributed by atoms with Crippen LogP contribution in [-0.4, -0.2) is 35.1 Å². The molecule has 7 nitrogen and oxygen atoms in total. The van der Waals surface area contributed by atoms with Gasteiger partial charge in [0.25, 0.3) is 0 Å². The van der Waals surface area contributed by atoms with Gasteiger partial charge in [-0.25, -0.2) is 4.79 Å². The van der Waals surface area contributed by atoms with Crippen LogP contribution in [0.3, 0.4) is 0 Å². The molecule has 2 rings (SSSR count). The zero-order valence-electron chi connectivity index (χ0n) is 15.6. The van der Waals surface area contributed by atoms with Gasteiger partial charge in [-0.1, -0.05) is 12.1 Å². The monoisotopic (exact) mass is 356 g/mol. The van der Waals surface area contributed by atoms with Crippen LogP contribution in [0.25, 0.3) is 11.1 Å². The van der Waals surface area contributed by atoms with E-state index in [2.05, 4.69) is 16.5 Å². The van der Waals surface area contributed by atoms with Gasteiger partial charge < -0.3 is 14.8 Å². The first-order valence-electron chi connectivity index (χ1n) is 8.36. The van der Waals surface area contributed by atoms with Crippen LogP contribution in [0.1, 0.15) is 26.3 Å². The summed E-state index contributed by atoms with van der Waals surface area (Å²) in [6.07, 6.45) is 3.52. The van der Waals surface area contributed by atoms with E-state index in [1.165, 1.54) is 0 Å². The number of nitrogens with zero attached hydrogens (tertiary/aromatic N) is 3. The van der Waals surface area contributed by atoms with E-state index in [-0.39, 0.29) is 0 Å². The van der Waals surface area contributed by atoms with Crippen molar-refractivity contribution in [2.75, 3.05) is 13.7 Å². The van der Waals surface area contributed by atoms with E-state index < -0.39 is 11.7 Å². The van der Waals surface area contributed by atoms with E-state index in [1.807, 2.05) is 45.2 Å². The lowest BCUT2D eigenvalue weighted by Crippen LogP contribution is -2.34. The van der Waals surface area contributed by atoms with Crippen molar-refractivity contribution < 1.29 is 14.3 Å². The van der Waals surface area contributed by atoms with Crippen LogP contribution < -0.4 is 10.1 Å². The largest absolute Gasteiger partial charge is 0.496 e. The first kappa shape index (κ1) is 19.3. The smallest absolute Gasteiger partial charge is 0.407 e. The molecule has 26 heavy (non-hydrogen) atoms. The predicted octanol–water partition coefficient (Wildman–Crippen LogP) is 3.15. The Morgan fingerprint density at radius 3 is 2.77 bits per heavy atom. The zero-order chi connectivity index (χ0) is 19.2. The summed E-state index contributed by atoms with van der Waals surface area (Å²) in [4.78, 5) is 11.6. The van der Waals surface area contributed by atoms with Crippen molar-refractivity contribution in [3.8, 4) is 22.9 Å². The van der Waals surface area contributed by atoms with Crippen molar-refractivity contribution in [1.82, 2.24) is 15.1 Å². The van der Waals surface area contributed by atoms with Gasteiger partial charge >= 0.3 is 6.09 Å². The quantitative estimate of drug-likeness (QED) is 0.859. The third-order valence-electron chi connectivity index (χ3n) is 3.53. The van der Waals surface area contributed by atoms with Gasteiger partial charge in [-0.3, -0.25) is 4.68 Å². The van der Waals surface area contributed by atoms with Gasteiger partial charge in [-0.15, -0.1) is 0 Å². The second-order valence-electron chi connectivity index (χ2n) is 6.78. The Morgan fingerprint density at radius 1 is 1.35 bits per heavy atom. The van der Waals surface area contributed by atoms with Gasteiger partial charge in [0, 0.05) is 23.9 Å². The molecule has 1 amide bonds. The van der Waals surface area contributed by atoms with Crippen LogP contribution in [-0.2, 0) is 17.7 Å². The van der Waals surface area contributed by atoms with Crippen LogP contribution in [0, 0.1) is 11.3 Å². The normalized spacial score (nSPS) is 10.9. The maximum Gasteiger partial charge on any atom is 0.407 e. The van der Waals surface area contributed by atoms with Crippen molar-refractivity contribution in [2.24, 2.45) is 0 Å². The number of aromatic nitrogens is 2. The lowest BCUT2D eigenvalue weighted by Gasteiger charge is -2.19. The number of carbonyl (C=O) groups is 1. The molecule has 0 fully saturated rings. The van der Waals surface area contributed by atoms with Crippen molar-refractivity contribution >= 4 is 6.09 Å². The molecular weight excluding hydrogens is 332 g/mol. The van der Waals surface area contributed by atoms with Crippen molar-refractivity contribution in [3.63, 3.8) is 0 Å². The number of ether oxygens (including phenoxy) is 2. The number of benzene rings is 1. The van der Waals surface area contributed by atoms with E-state index >= 15 is 0 Å². The van der Waals surface area contributed by atoms with Gasteiger partial charge in [0.05, 0.1) is 32.3 Å². The molecule has 1 heterocycles. The molecule has 2 aromatic rings. The zero-order valence-corrected chi connectivity index (χ0v) is 15.6. The maximum absolute atomic E-state index is 11.6. The van der Waals surface area contributed by atoms with Crippen LogP contribution in [0.2, 0.25) is 0 Å². The first-order chi connectivity index (χ1) is 12.3. The number of alkyl carbamates (subject to hydrolysis) is 1. The van der Waals surface area contributed by atoms with Crippen molar-refractivity contribution in [1.29, 1.82) is 5.26 Å². The van der Waals surface area contributed by atoms with E-state index in [0.717, 1.165) is 16.7 Å². The third kappa shape index (κ3) is 5.52. The lowest BCUT2D eigenvalue weighted by molar-refractivity contribution is 0.0525. The van der Waals surface area contributed by atoms with Crippen LogP contribution in [0.4, 0.5) is 4.79 Å². The molecule has 0 radical (unpaired) electrons. The molecule has 0 spiro atoms. The molecule has 1 aromatic heterocycles. The minimum absolute atomic E-state index is 0.305. The molecule has 0 bridgehead atoms. The summed E-state index contributed by atoms with van der Waals surface area (Å²) in [5.41, 5.74) is 2.23. The Bertz CT molecular complexity index is 800. The van der Waals surface area contributed by atoms with E-state index in [0.29, 0.717) is 25.3 Å². The highest BCUT2D eigenvalue weighted by Crippen LogP contribution is 2.27. The van der Waals surface area contributed by atoms with E-state index in [9.17, 15) is 4.79 Å². The fraction of sp³-hybridized carbons (Fsp3) is 0.421. The summed E-state index contributed by atoms with van der Waals surface area (Å²) in [6, 6.07) is 7.85. The SMILES string of the molecule is COc1cc(-c2cnn(CCNC(=O)OC(C)(C)C)c2)ccc1CC#N. The Labute approximate surface area is 153 Å². The predicted molar refractivity (Wildman–Crippen MR) is 97.8 cm³/mol. The van der Waals surface area contributed by atoms with Gasteiger partial charge in [0.1, 0.15) is 11.4 Å². The maximum atomic E-state index is 11.6. The summed E-state index contributed by atoms with van der Waals surface area (Å²) >= 11 is 0. The Morgan fingerprint density at radius 2 is 2.12 bits per heavy atom. The molecular formula is C19H24N4O3. The number of methoxy groups -OCH3 is 1. The van der Waals surface area contributed by atoms with Crippen LogP contribution in [0.5, 0.6) is 5.75 Å². The van der Waals surface area contributed by atoms with Gasteiger partial charge in [-0.2, -0.15) is 10.4 Å². The average Bonchev–Trinajstić information content (AvgIpc) is 3.02. The number of carbonyl (C=O) groups excluding carboxylic acids is 1. The highest BCUT2D eigenvalue weighted by Gasteiger charge is 2.15. The summed E-state index contributed by atoms with van der Waals surface area (Å²) in [7, 11) is 1.59. The van der Waals surface area contributed by atoms with Gasteiger partial charge in [0.2, 0.25) is 0 Å². The molecule has 1 N–H and O–H groups in total. The molecule has 0 unspecified atom stereocenters. The molecule has 0 aliphatic heterocycles. The number of nitrogens with one attached hydrogen (secondary N) is 1. The summed E-state index contributed by atoms with van der Waals surface area (Å²) in [5, 5.41) is 15.9. The molecule has 0 saturated carbocycles. The number of hydrogen-bond acceptors (Lipinski definition) is 5. The number of amides is 1.